The van der Waals surface area contributed by atoms with Crippen LogP contribution in [0.2, 0.25) is 0 Å². The molecule has 0 N–H and O–H groups in total. The molecule has 0 aromatic heterocycles. The minimum Gasteiger partial charge on any atom is -0.0654 e. The van der Waals surface area contributed by atoms with Crippen molar-refractivity contribution in [1.29, 1.82) is 0 Å². The summed E-state index contributed by atoms with van der Waals surface area (Å²) in [5.74, 6) is 0. The molecule has 0 aliphatic carbocycles. The first-order valence-electron chi connectivity index (χ1n) is 36.2. The van der Waals surface area contributed by atoms with Gasteiger partial charge in [0.2, 0.25) is 0 Å². The largest absolute Gasteiger partial charge is 0.0654 e. The van der Waals surface area contributed by atoms with Gasteiger partial charge in [0.15, 0.2) is 0 Å². The van der Waals surface area contributed by atoms with Crippen molar-refractivity contribution >= 4 is 74.1 Å². The molecule has 1 atom stereocenters. The highest BCUT2D eigenvalue weighted by Crippen LogP contribution is 2.84. The van der Waals surface area contributed by atoms with Gasteiger partial charge in [-0.25, -0.2) is 0 Å². The summed E-state index contributed by atoms with van der Waals surface area (Å²) in [6.45, 7) is 21.9. The quantitative estimate of drug-likeness (QED) is 0.0336. The maximum absolute atomic E-state index is 2.75. The van der Waals surface area contributed by atoms with E-state index in [1.165, 1.54) is 109 Å². The molecule has 0 aliphatic heterocycles. The fraction of sp³-hybridized carbons (Fsp3) is 0.442. The standard InChI is InChI=1S/C86H114P4/c1-10-19-44-69-52-28-36-60-77(69)87(78-61-37-29-53-70(78)45-20-11-2)85(68-27-18-9)86(88(79-62-38-30-54-71(79)46-21-12-3)80-63-39-31-55-72(80)47-22-13-4,89(81-64-40-32-56-73(81)48-23-14-5)82-65-41-33-57-74(82)49-24-15-6)90(83-66-42-34-58-75(83)50-25-16-7)84-67-43-35-59-76(84)51-26-17-8/h28-43,52-67,85H,10-27,44-51,68H2,1-9H3. The van der Waals surface area contributed by atoms with Gasteiger partial charge in [0.25, 0.3) is 0 Å². The van der Waals surface area contributed by atoms with Crippen molar-refractivity contribution in [3.05, 3.63) is 239 Å². The van der Waals surface area contributed by atoms with Crippen LogP contribution in [0.4, 0.5) is 0 Å². The fourth-order valence-electron chi connectivity index (χ4n) is 14.1. The Hall–Kier alpha value is -4.52. The summed E-state index contributed by atoms with van der Waals surface area (Å²) in [7, 11) is -4.96. The van der Waals surface area contributed by atoms with Crippen molar-refractivity contribution in [2.45, 2.75) is 246 Å². The molecular weight excluding hydrogens is 1160 g/mol. The molecule has 0 amide bonds. The van der Waals surface area contributed by atoms with E-state index in [1.807, 2.05) is 0 Å². The van der Waals surface area contributed by atoms with Crippen LogP contribution in [0.15, 0.2) is 194 Å². The third-order valence-electron chi connectivity index (χ3n) is 18.9. The van der Waals surface area contributed by atoms with Gasteiger partial charge in [-0.15, -0.1) is 0 Å². The summed E-state index contributed by atoms with van der Waals surface area (Å²) < 4.78 is -0.406. The average molecular weight is 1270 g/mol. The lowest BCUT2D eigenvalue weighted by molar-refractivity contribution is 0.688. The van der Waals surface area contributed by atoms with Crippen LogP contribution < -0.4 is 42.4 Å². The Labute approximate surface area is 555 Å². The van der Waals surface area contributed by atoms with Crippen LogP contribution >= 0.6 is 31.7 Å². The second-order valence-corrected chi connectivity index (χ2v) is 36.0. The van der Waals surface area contributed by atoms with Crippen LogP contribution in [-0.4, -0.2) is 10.3 Å². The van der Waals surface area contributed by atoms with Gasteiger partial charge < -0.3 is 0 Å². The van der Waals surface area contributed by atoms with Crippen LogP contribution in [-0.2, 0) is 51.4 Å². The van der Waals surface area contributed by atoms with Crippen molar-refractivity contribution in [3.8, 4) is 0 Å². The molecule has 8 rings (SSSR count). The Morgan fingerprint density at radius 3 is 0.578 bits per heavy atom. The topological polar surface area (TPSA) is 0 Å². The maximum Gasteiger partial charge on any atom is 0.0619 e. The van der Waals surface area contributed by atoms with Crippen LogP contribution in [0.5, 0.6) is 0 Å². The second kappa shape index (κ2) is 38.6. The summed E-state index contributed by atoms with van der Waals surface area (Å²) in [5.41, 5.74) is 13.0. The molecule has 90 heavy (non-hydrogen) atoms. The van der Waals surface area contributed by atoms with Gasteiger partial charge in [-0.3, -0.25) is 0 Å². The molecular formula is C86H114P4. The molecule has 1 unspecified atom stereocenters. The third-order valence-corrected chi connectivity index (χ3v) is 34.7. The van der Waals surface area contributed by atoms with Gasteiger partial charge in [-0.05, 0) is 228 Å². The predicted molar refractivity (Wildman–Crippen MR) is 411 cm³/mol. The minimum atomic E-state index is -1.28. The monoisotopic (exact) mass is 1270 g/mol. The Kier molecular flexibility index (Phi) is 30.6. The highest BCUT2D eigenvalue weighted by Gasteiger charge is 2.62. The third kappa shape index (κ3) is 17.6. The van der Waals surface area contributed by atoms with Gasteiger partial charge in [0, 0.05) is 5.66 Å². The van der Waals surface area contributed by atoms with Crippen LogP contribution in [0.1, 0.15) is 229 Å². The van der Waals surface area contributed by atoms with E-state index in [9.17, 15) is 0 Å². The first kappa shape index (κ1) is 71.3. The first-order chi connectivity index (χ1) is 44.4. The molecule has 0 radical (unpaired) electrons. The van der Waals surface area contributed by atoms with E-state index >= 15 is 0 Å². The molecule has 0 spiro atoms. The molecule has 0 heterocycles. The molecule has 8 aromatic carbocycles. The van der Waals surface area contributed by atoms with Crippen molar-refractivity contribution in [2.75, 3.05) is 0 Å². The molecule has 0 saturated heterocycles. The lowest BCUT2D eigenvalue weighted by Gasteiger charge is -2.60. The Bertz CT molecular complexity index is 2890. The molecule has 4 heteroatoms. The second-order valence-electron chi connectivity index (χ2n) is 25.6. The predicted octanol–water partition coefficient (Wildman–Crippen LogP) is 22.5. The van der Waals surface area contributed by atoms with Gasteiger partial charge in [0.05, 0.1) is 4.64 Å². The molecule has 0 aliphatic rings. The van der Waals surface area contributed by atoms with Crippen molar-refractivity contribution in [2.24, 2.45) is 0 Å². The number of benzene rings is 8. The van der Waals surface area contributed by atoms with E-state index in [1.54, 1.807) is 86.9 Å². The molecule has 8 aromatic rings. The highest BCUT2D eigenvalue weighted by molar-refractivity contribution is 8.06. The Morgan fingerprint density at radius 2 is 0.389 bits per heavy atom. The van der Waals surface area contributed by atoms with E-state index in [0.29, 0.717) is 0 Å². The van der Waals surface area contributed by atoms with Gasteiger partial charge >= 0.3 is 0 Å². The zero-order valence-electron chi connectivity index (χ0n) is 57.4. The summed E-state index contributed by atoms with van der Waals surface area (Å²) in [6, 6.07) is 82.2. The van der Waals surface area contributed by atoms with Crippen LogP contribution in [0, 0.1) is 0 Å². The molecule has 0 bridgehead atoms. The van der Waals surface area contributed by atoms with Crippen LogP contribution in [0.25, 0.3) is 0 Å². The zero-order chi connectivity index (χ0) is 63.3. The number of rotatable bonds is 40. The van der Waals surface area contributed by atoms with E-state index in [4.69, 9.17) is 0 Å². The minimum absolute atomic E-state index is 0.233. The SMILES string of the molecule is CCCCc1ccccc1P(c1ccccc1CCCC)C(CCCC)C(P(c1ccccc1CCCC)c1ccccc1CCCC)(P(c1ccccc1CCCC)c1ccccc1CCCC)P(c1ccccc1CCCC)c1ccccc1CCCC. The summed E-state index contributed by atoms with van der Waals surface area (Å²) >= 11 is 0. The molecule has 0 fully saturated rings. The first-order valence-corrected chi connectivity index (χ1v) is 41.7. The maximum atomic E-state index is 2.75. The fourth-order valence-corrected chi connectivity index (χ4v) is 34.1. The van der Waals surface area contributed by atoms with E-state index in [-0.39, 0.29) is 5.66 Å². The van der Waals surface area contributed by atoms with E-state index in [0.717, 1.165) is 64.2 Å². The molecule has 478 valence electrons. The lowest BCUT2D eigenvalue weighted by atomic mass is 10.1. The Morgan fingerprint density at radius 1 is 0.222 bits per heavy atom. The average Bonchev–Trinajstić information content (AvgIpc) is 0.691. The number of hydrogen-bond acceptors (Lipinski definition) is 0. The highest BCUT2D eigenvalue weighted by atomic mass is 31.2. The number of unbranched alkanes of at least 4 members (excludes halogenated alkanes) is 9. The number of hydrogen-bond donors (Lipinski definition) is 0. The summed E-state index contributed by atoms with van der Waals surface area (Å²) in [6.07, 6.45) is 31.0. The van der Waals surface area contributed by atoms with Gasteiger partial charge in [-0.2, -0.15) is 0 Å². The van der Waals surface area contributed by atoms with Crippen molar-refractivity contribution < 1.29 is 0 Å². The smallest absolute Gasteiger partial charge is 0.0619 e. The lowest BCUT2D eigenvalue weighted by Crippen LogP contribution is -2.52. The van der Waals surface area contributed by atoms with E-state index in [2.05, 4.69) is 256 Å². The summed E-state index contributed by atoms with van der Waals surface area (Å²) in [5, 5.41) is 13.3. The summed E-state index contributed by atoms with van der Waals surface area (Å²) in [4.78, 5) is 0. The Balaban J connectivity index is 1.86. The molecule has 0 nitrogen and oxygen atoms in total. The van der Waals surface area contributed by atoms with Crippen molar-refractivity contribution in [1.82, 2.24) is 0 Å². The zero-order valence-corrected chi connectivity index (χ0v) is 61.0. The van der Waals surface area contributed by atoms with Crippen molar-refractivity contribution in [3.63, 3.8) is 0 Å². The number of aryl methyl sites for hydroxylation is 8. The molecule has 0 saturated carbocycles. The normalized spacial score (nSPS) is 12.3. The van der Waals surface area contributed by atoms with Crippen LogP contribution in [0.3, 0.4) is 0 Å². The van der Waals surface area contributed by atoms with Gasteiger partial charge in [-0.1, -0.05) is 321 Å². The van der Waals surface area contributed by atoms with Gasteiger partial charge in [0.1, 0.15) is 0 Å². The van der Waals surface area contributed by atoms with E-state index < -0.39 is 36.3 Å².